The van der Waals surface area contributed by atoms with Crippen LogP contribution in [0, 0.1) is 0 Å². The van der Waals surface area contributed by atoms with Crippen LogP contribution < -0.4 is 10.0 Å². The van der Waals surface area contributed by atoms with Gasteiger partial charge in [-0.05, 0) is 31.2 Å². The summed E-state index contributed by atoms with van der Waals surface area (Å²) in [6.45, 7) is 1.70. The molecule has 0 aromatic heterocycles. The van der Waals surface area contributed by atoms with E-state index in [-0.39, 0.29) is 5.30 Å². The number of hydrogen-bond donors (Lipinski definition) is 1. The molecule has 1 N–H and O–H groups in total. The van der Waals surface area contributed by atoms with Crippen molar-refractivity contribution in [2.24, 2.45) is 0 Å². The minimum absolute atomic E-state index is 0.237. The van der Waals surface area contributed by atoms with Crippen molar-refractivity contribution >= 4 is 12.9 Å². The lowest BCUT2D eigenvalue weighted by molar-refractivity contribution is 0.361. The van der Waals surface area contributed by atoms with E-state index in [4.69, 9.17) is 9.26 Å². The number of allylic oxidation sites excluding steroid dienone is 1. The lowest BCUT2D eigenvalue weighted by Gasteiger charge is -2.10. The van der Waals surface area contributed by atoms with Gasteiger partial charge in [0.15, 0.2) is 0 Å². The normalized spacial score (nSPS) is 14.9. The molecular weight excluding hydrogens is 215 g/mol. The van der Waals surface area contributed by atoms with Crippen LogP contribution in [-0.4, -0.2) is 12.0 Å². The van der Waals surface area contributed by atoms with Crippen molar-refractivity contribution in [3.63, 3.8) is 0 Å². The summed E-state index contributed by atoms with van der Waals surface area (Å²) in [7, 11) is -2.20. The molecule has 0 aliphatic heterocycles. The van der Waals surface area contributed by atoms with Gasteiger partial charge in [-0.2, -0.15) is 0 Å². The van der Waals surface area contributed by atoms with Gasteiger partial charge in [-0.3, -0.25) is 0 Å². The summed E-state index contributed by atoms with van der Waals surface area (Å²) in [6.07, 6.45) is 2.75. The topological polar surface area (TPSA) is 55.8 Å². The first kappa shape index (κ1) is 11.8. The predicted octanol–water partition coefficient (Wildman–Crippen LogP) is 2.06. The smallest absolute Gasteiger partial charge is 0.407 e. The SMILES string of the molecule is CC=COP(=O)(O)c1ccc(OC)cc1. The Morgan fingerprint density at radius 1 is 1.33 bits per heavy atom. The molecule has 4 nitrogen and oxygen atoms in total. The van der Waals surface area contributed by atoms with Gasteiger partial charge in [0.25, 0.3) is 0 Å². The first-order valence-electron chi connectivity index (χ1n) is 4.37. The maximum atomic E-state index is 11.6. The van der Waals surface area contributed by atoms with E-state index in [0.717, 1.165) is 0 Å². The van der Waals surface area contributed by atoms with Gasteiger partial charge >= 0.3 is 7.60 Å². The van der Waals surface area contributed by atoms with Crippen LogP contribution in [0.25, 0.3) is 0 Å². The molecule has 0 radical (unpaired) electrons. The van der Waals surface area contributed by atoms with Crippen molar-refractivity contribution in [1.29, 1.82) is 0 Å². The summed E-state index contributed by atoms with van der Waals surface area (Å²) < 4.78 is 21.3. The van der Waals surface area contributed by atoms with Gasteiger partial charge in [0.05, 0.1) is 18.7 Å². The zero-order valence-corrected chi connectivity index (χ0v) is 9.48. The number of ether oxygens (including phenoxy) is 1. The third kappa shape index (κ3) is 3.11. The third-order valence-corrected chi connectivity index (χ3v) is 3.10. The maximum absolute atomic E-state index is 11.6. The molecule has 0 bridgehead atoms. The average molecular weight is 228 g/mol. The number of rotatable bonds is 4. The monoisotopic (exact) mass is 228 g/mol. The maximum Gasteiger partial charge on any atom is 0.407 e. The highest BCUT2D eigenvalue weighted by atomic mass is 31.2. The fraction of sp³-hybridized carbons (Fsp3) is 0.200. The van der Waals surface area contributed by atoms with Crippen LogP contribution >= 0.6 is 7.60 Å². The molecule has 82 valence electrons. The highest BCUT2D eigenvalue weighted by Gasteiger charge is 2.21. The molecule has 1 unspecified atom stereocenters. The highest BCUT2D eigenvalue weighted by molar-refractivity contribution is 7.61. The predicted molar refractivity (Wildman–Crippen MR) is 58.4 cm³/mol. The van der Waals surface area contributed by atoms with Gasteiger partial charge < -0.3 is 14.2 Å². The largest absolute Gasteiger partial charge is 0.497 e. The van der Waals surface area contributed by atoms with Crippen LogP contribution in [0.2, 0.25) is 0 Å². The molecule has 1 rings (SSSR count). The molecule has 1 atom stereocenters. The zero-order valence-electron chi connectivity index (χ0n) is 8.58. The molecule has 0 aliphatic carbocycles. The lowest BCUT2D eigenvalue weighted by Crippen LogP contribution is -2.04. The van der Waals surface area contributed by atoms with Gasteiger partial charge in [0.1, 0.15) is 5.75 Å². The molecule has 0 saturated heterocycles. The first-order valence-corrected chi connectivity index (χ1v) is 5.95. The van der Waals surface area contributed by atoms with Crippen LogP contribution in [0.15, 0.2) is 36.6 Å². The van der Waals surface area contributed by atoms with Crippen LogP contribution in [0.5, 0.6) is 5.75 Å². The Labute approximate surface area is 88.7 Å². The molecule has 15 heavy (non-hydrogen) atoms. The molecule has 0 fully saturated rings. The molecule has 1 aromatic carbocycles. The van der Waals surface area contributed by atoms with E-state index in [2.05, 4.69) is 0 Å². The summed E-state index contributed by atoms with van der Waals surface area (Å²) in [5.41, 5.74) is 0. The third-order valence-electron chi connectivity index (χ3n) is 1.74. The Kier molecular flexibility index (Phi) is 3.95. The Morgan fingerprint density at radius 2 is 1.93 bits per heavy atom. The van der Waals surface area contributed by atoms with Crippen molar-refractivity contribution < 1.29 is 18.7 Å². The van der Waals surface area contributed by atoms with E-state index in [1.54, 1.807) is 25.1 Å². The second kappa shape index (κ2) is 5.01. The Balaban J connectivity index is 2.90. The van der Waals surface area contributed by atoms with Gasteiger partial charge in [0, 0.05) is 0 Å². The molecule has 1 aromatic rings. The van der Waals surface area contributed by atoms with Gasteiger partial charge in [0.2, 0.25) is 0 Å². The van der Waals surface area contributed by atoms with Crippen molar-refractivity contribution in [2.45, 2.75) is 6.92 Å². The molecule has 0 saturated carbocycles. The summed E-state index contributed by atoms with van der Waals surface area (Å²) in [5.74, 6) is 0.629. The molecule has 0 aliphatic rings. The highest BCUT2D eigenvalue weighted by Crippen LogP contribution is 2.41. The number of methoxy groups -OCH3 is 1. The second-order valence-electron chi connectivity index (χ2n) is 2.79. The zero-order chi connectivity index (χ0) is 11.3. The van der Waals surface area contributed by atoms with Gasteiger partial charge in [-0.25, -0.2) is 4.57 Å². The Morgan fingerprint density at radius 3 is 2.40 bits per heavy atom. The number of hydrogen-bond acceptors (Lipinski definition) is 3. The van der Waals surface area contributed by atoms with Crippen molar-refractivity contribution in [2.75, 3.05) is 7.11 Å². The Hall–Kier alpha value is -1.25. The molecule has 5 heteroatoms. The van der Waals surface area contributed by atoms with E-state index < -0.39 is 7.60 Å². The number of benzene rings is 1. The summed E-state index contributed by atoms with van der Waals surface area (Å²) in [6, 6.07) is 6.22. The molecule has 0 spiro atoms. The lowest BCUT2D eigenvalue weighted by atomic mass is 10.3. The minimum atomic E-state index is -3.73. The minimum Gasteiger partial charge on any atom is -0.497 e. The van der Waals surface area contributed by atoms with Crippen LogP contribution in [-0.2, 0) is 9.09 Å². The fourth-order valence-electron chi connectivity index (χ4n) is 0.975. The quantitative estimate of drug-likeness (QED) is 0.633. The van der Waals surface area contributed by atoms with Crippen molar-refractivity contribution in [3.8, 4) is 5.75 Å². The van der Waals surface area contributed by atoms with E-state index in [1.807, 2.05) is 0 Å². The summed E-state index contributed by atoms with van der Waals surface area (Å²) in [5, 5.41) is 0.237. The summed E-state index contributed by atoms with van der Waals surface area (Å²) >= 11 is 0. The van der Waals surface area contributed by atoms with Crippen molar-refractivity contribution in [3.05, 3.63) is 36.6 Å². The van der Waals surface area contributed by atoms with Crippen LogP contribution in [0.3, 0.4) is 0 Å². The Bertz CT molecular complexity index is 383. The first-order chi connectivity index (χ1) is 7.10. The van der Waals surface area contributed by atoms with E-state index in [1.165, 1.54) is 25.5 Å². The van der Waals surface area contributed by atoms with Gasteiger partial charge in [-0.15, -0.1) is 0 Å². The van der Waals surface area contributed by atoms with Gasteiger partial charge in [-0.1, -0.05) is 6.08 Å². The second-order valence-corrected chi connectivity index (χ2v) is 4.56. The fourth-order valence-corrected chi connectivity index (χ4v) is 1.91. The van der Waals surface area contributed by atoms with Crippen LogP contribution in [0.4, 0.5) is 0 Å². The van der Waals surface area contributed by atoms with E-state index in [0.29, 0.717) is 5.75 Å². The molecular formula is C10H13O4P. The average Bonchev–Trinajstić information content (AvgIpc) is 2.26. The molecule has 0 heterocycles. The van der Waals surface area contributed by atoms with E-state index >= 15 is 0 Å². The van der Waals surface area contributed by atoms with Crippen LogP contribution in [0.1, 0.15) is 6.92 Å². The van der Waals surface area contributed by atoms with Crippen molar-refractivity contribution in [1.82, 2.24) is 0 Å². The standard InChI is InChI=1S/C10H13O4P/c1-3-8-14-15(11,12)10-6-4-9(13-2)5-7-10/h3-8H,1-2H3,(H,11,12). The molecule has 0 amide bonds. The van der Waals surface area contributed by atoms with E-state index in [9.17, 15) is 9.46 Å². The summed E-state index contributed by atoms with van der Waals surface area (Å²) in [4.78, 5) is 9.52.